The highest BCUT2D eigenvalue weighted by Crippen LogP contribution is 2.10. The van der Waals surface area contributed by atoms with E-state index in [9.17, 15) is 9.59 Å². The van der Waals surface area contributed by atoms with Crippen LogP contribution in [0.3, 0.4) is 0 Å². The van der Waals surface area contributed by atoms with Gasteiger partial charge in [0.05, 0.1) is 11.8 Å². The van der Waals surface area contributed by atoms with Crippen molar-refractivity contribution in [2.75, 3.05) is 13.1 Å². The van der Waals surface area contributed by atoms with Crippen molar-refractivity contribution in [1.82, 2.24) is 25.6 Å². The van der Waals surface area contributed by atoms with E-state index in [4.69, 9.17) is 11.6 Å². The molecular formula is C13H12ClN5O2. The van der Waals surface area contributed by atoms with Gasteiger partial charge in [-0.25, -0.2) is 9.97 Å². The van der Waals surface area contributed by atoms with Gasteiger partial charge in [0.1, 0.15) is 10.8 Å². The molecular weight excluding hydrogens is 294 g/mol. The van der Waals surface area contributed by atoms with Crippen molar-refractivity contribution >= 4 is 23.4 Å². The normalized spacial score (nSPS) is 9.95. The van der Waals surface area contributed by atoms with Crippen molar-refractivity contribution in [1.29, 1.82) is 0 Å². The van der Waals surface area contributed by atoms with Gasteiger partial charge in [0.2, 0.25) is 0 Å². The predicted molar refractivity (Wildman–Crippen MR) is 75.9 cm³/mol. The van der Waals surface area contributed by atoms with Crippen LogP contribution >= 0.6 is 11.6 Å². The zero-order valence-corrected chi connectivity index (χ0v) is 11.7. The lowest BCUT2D eigenvalue weighted by Crippen LogP contribution is -2.35. The summed E-state index contributed by atoms with van der Waals surface area (Å²) in [4.78, 5) is 34.9. The Morgan fingerprint density at radius 1 is 1.05 bits per heavy atom. The molecule has 0 aliphatic rings. The molecule has 0 aliphatic heterocycles. The number of pyridine rings is 1. The largest absolute Gasteiger partial charge is 0.350 e. The Balaban J connectivity index is 1.76. The predicted octanol–water partition coefficient (Wildman–Crippen LogP) is 0.685. The standard InChI is InChI=1S/C13H12ClN5O2/c14-11-9(2-1-3-17-11)12(20)18-6-7-19-13(21)10-8-15-4-5-16-10/h1-5,8H,6-7H2,(H,18,20)(H,19,21). The first kappa shape index (κ1) is 14.9. The number of hydrogen-bond donors (Lipinski definition) is 2. The Bertz CT molecular complexity index is 635. The fraction of sp³-hybridized carbons (Fsp3) is 0.154. The second kappa shape index (κ2) is 7.30. The number of hydrogen-bond acceptors (Lipinski definition) is 5. The van der Waals surface area contributed by atoms with E-state index in [1.807, 2.05) is 0 Å². The SMILES string of the molecule is O=C(NCCNC(=O)c1cccnc1Cl)c1cnccn1. The molecule has 21 heavy (non-hydrogen) atoms. The molecule has 7 nitrogen and oxygen atoms in total. The van der Waals surface area contributed by atoms with Gasteiger partial charge < -0.3 is 10.6 Å². The molecule has 2 rings (SSSR count). The summed E-state index contributed by atoms with van der Waals surface area (Å²) in [6, 6.07) is 3.19. The van der Waals surface area contributed by atoms with Gasteiger partial charge in [0, 0.05) is 31.7 Å². The summed E-state index contributed by atoms with van der Waals surface area (Å²) in [6.07, 6.45) is 5.78. The number of halogens is 1. The van der Waals surface area contributed by atoms with Crippen molar-refractivity contribution < 1.29 is 9.59 Å². The third-order valence-corrected chi connectivity index (χ3v) is 2.80. The summed E-state index contributed by atoms with van der Waals surface area (Å²) >= 11 is 5.81. The number of rotatable bonds is 5. The van der Waals surface area contributed by atoms with E-state index in [1.165, 1.54) is 24.8 Å². The fourth-order valence-electron chi connectivity index (χ4n) is 1.51. The Hall–Kier alpha value is -2.54. The first-order valence-corrected chi connectivity index (χ1v) is 6.49. The van der Waals surface area contributed by atoms with Crippen molar-refractivity contribution in [3.63, 3.8) is 0 Å². The molecule has 0 atom stereocenters. The van der Waals surface area contributed by atoms with Gasteiger partial charge in [-0.15, -0.1) is 0 Å². The lowest BCUT2D eigenvalue weighted by Gasteiger charge is -2.07. The molecule has 0 fully saturated rings. The number of amides is 2. The van der Waals surface area contributed by atoms with E-state index in [2.05, 4.69) is 25.6 Å². The number of carbonyl (C=O) groups excluding carboxylic acids is 2. The van der Waals surface area contributed by atoms with Crippen molar-refractivity contribution in [3.05, 3.63) is 53.3 Å². The molecule has 0 radical (unpaired) electrons. The van der Waals surface area contributed by atoms with Crippen LogP contribution in [0.15, 0.2) is 36.9 Å². The summed E-state index contributed by atoms with van der Waals surface area (Å²) in [6.45, 7) is 0.523. The molecule has 0 aromatic carbocycles. The van der Waals surface area contributed by atoms with E-state index in [0.717, 1.165) is 0 Å². The van der Waals surface area contributed by atoms with Crippen molar-refractivity contribution in [3.8, 4) is 0 Å². The Morgan fingerprint density at radius 2 is 1.81 bits per heavy atom. The first-order chi connectivity index (χ1) is 10.2. The lowest BCUT2D eigenvalue weighted by atomic mass is 10.2. The zero-order chi connectivity index (χ0) is 15.1. The van der Waals surface area contributed by atoms with Crippen LogP contribution in [0.25, 0.3) is 0 Å². The van der Waals surface area contributed by atoms with Crippen molar-refractivity contribution in [2.24, 2.45) is 0 Å². The summed E-state index contributed by atoms with van der Waals surface area (Å²) in [5, 5.41) is 5.39. The minimum Gasteiger partial charge on any atom is -0.350 e. The second-order valence-electron chi connectivity index (χ2n) is 3.94. The maximum Gasteiger partial charge on any atom is 0.271 e. The minimum absolute atomic E-state index is 0.138. The van der Waals surface area contributed by atoms with Gasteiger partial charge in [-0.3, -0.25) is 14.6 Å². The number of nitrogens with zero attached hydrogens (tertiary/aromatic N) is 3. The molecule has 2 aromatic heterocycles. The third-order valence-electron chi connectivity index (χ3n) is 2.50. The number of nitrogens with one attached hydrogen (secondary N) is 2. The van der Waals surface area contributed by atoms with Crippen LogP contribution in [0, 0.1) is 0 Å². The highest BCUT2D eigenvalue weighted by Gasteiger charge is 2.10. The molecule has 108 valence electrons. The van der Waals surface area contributed by atoms with Crippen LogP contribution in [0.2, 0.25) is 5.15 Å². The van der Waals surface area contributed by atoms with Crippen LogP contribution in [-0.2, 0) is 0 Å². The van der Waals surface area contributed by atoms with Crippen LogP contribution < -0.4 is 10.6 Å². The lowest BCUT2D eigenvalue weighted by molar-refractivity contribution is 0.0924. The quantitative estimate of drug-likeness (QED) is 0.625. The molecule has 2 N–H and O–H groups in total. The van der Waals surface area contributed by atoms with Crippen LogP contribution in [0.1, 0.15) is 20.8 Å². The minimum atomic E-state index is -0.350. The summed E-state index contributed by atoms with van der Waals surface area (Å²) in [5.41, 5.74) is 0.513. The highest BCUT2D eigenvalue weighted by molar-refractivity contribution is 6.32. The summed E-state index contributed by atoms with van der Waals surface area (Å²) in [5.74, 6) is -0.696. The molecule has 0 saturated heterocycles. The van der Waals surface area contributed by atoms with Gasteiger partial charge in [0.15, 0.2) is 0 Å². The maximum absolute atomic E-state index is 11.8. The van der Waals surface area contributed by atoms with E-state index >= 15 is 0 Å². The van der Waals surface area contributed by atoms with Gasteiger partial charge in [-0.05, 0) is 12.1 Å². The fourth-order valence-corrected chi connectivity index (χ4v) is 1.71. The van der Waals surface area contributed by atoms with Gasteiger partial charge in [0.25, 0.3) is 11.8 Å². The molecule has 2 aromatic rings. The van der Waals surface area contributed by atoms with Gasteiger partial charge in [-0.2, -0.15) is 0 Å². The molecule has 2 heterocycles. The first-order valence-electron chi connectivity index (χ1n) is 6.11. The topological polar surface area (TPSA) is 96.9 Å². The Kier molecular flexibility index (Phi) is 5.16. The third kappa shape index (κ3) is 4.22. The van der Waals surface area contributed by atoms with Gasteiger partial charge >= 0.3 is 0 Å². The smallest absolute Gasteiger partial charge is 0.271 e. The summed E-state index contributed by atoms with van der Waals surface area (Å²) < 4.78 is 0. The molecule has 0 bridgehead atoms. The van der Waals surface area contributed by atoms with E-state index in [-0.39, 0.29) is 35.8 Å². The number of carbonyl (C=O) groups is 2. The monoisotopic (exact) mass is 305 g/mol. The molecule has 2 amide bonds. The van der Waals surface area contributed by atoms with Gasteiger partial charge in [-0.1, -0.05) is 11.6 Å². The summed E-state index contributed by atoms with van der Waals surface area (Å²) in [7, 11) is 0. The van der Waals surface area contributed by atoms with Crippen LogP contribution in [-0.4, -0.2) is 39.9 Å². The Morgan fingerprint density at radius 3 is 2.48 bits per heavy atom. The molecule has 0 aliphatic carbocycles. The van der Waals surface area contributed by atoms with Crippen LogP contribution in [0.5, 0.6) is 0 Å². The molecule has 0 unspecified atom stereocenters. The second-order valence-corrected chi connectivity index (χ2v) is 4.30. The van der Waals surface area contributed by atoms with E-state index in [0.29, 0.717) is 5.56 Å². The molecule has 8 heteroatoms. The zero-order valence-electron chi connectivity index (χ0n) is 10.9. The average molecular weight is 306 g/mol. The highest BCUT2D eigenvalue weighted by atomic mass is 35.5. The van der Waals surface area contributed by atoms with Crippen LogP contribution in [0.4, 0.5) is 0 Å². The average Bonchev–Trinajstić information content (AvgIpc) is 2.52. The molecule has 0 spiro atoms. The van der Waals surface area contributed by atoms with E-state index < -0.39 is 0 Å². The Labute approximate surface area is 125 Å². The molecule has 0 saturated carbocycles. The van der Waals surface area contributed by atoms with Crippen molar-refractivity contribution in [2.45, 2.75) is 0 Å². The maximum atomic E-state index is 11.8. The van der Waals surface area contributed by atoms with E-state index in [1.54, 1.807) is 12.1 Å². The number of aromatic nitrogens is 3.